The number of piperidine rings is 1. The Morgan fingerprint density at radius 1 is 1.18 bits per heavy atom. The lowest BCUT2D eigenvalue weighted by Gasteiger charge is -2.42. The normalized spacial score (nSPS) is 25.8. The molecule has 0 spiro atoms. The van der Waals surface area contributed by atoms with Crippen LogP contribution in [-0.4, -0.2) is 51.9 Å². The maximum atomic E-state index is 13.1. The van der Waals surface area contributed by atoms with Crippen molar-refractivity contribution in [3.8, 4) is 5.75 Å². The molecule has 3 aliphatic heterocycles. The molecule has 2 aromatic rings. The Morgan fingerprint density at radius 3 is 2.61 bits per heavy atom. The number of ether oxygens (including phenoxy) is 1. The summed E-state index contributed by atoms with van der Waals surface area (Å²) in [4.78, 5) is 8.20. The number of aliphatic hydroxyl groups is 1. The summed E-state index contributed by atoms with van der Waals surface area (Å²) in [5.41, 5.74) is 2.10. The van der Waals surface area contributed by atoms with Crippen LogP contribution in [0, 0.1) is 0 Å². The van der Waals surface area contributed by atoms with E-state index in [1.165, 1.54) is 5.56 Å². The third kappa shape index (κ3) is 3.72. The second-order valence-corrected chi connectivity index (χ2v) is 11.8. The van der Waals surface area contributed by atoms with Gasteiger partial charge in [-0.25, -0.2) is 4.98 Å². The first-order chi connectivity index (χ1) is 16.1. The molecular weight excluding hydrogens is 458 g/mol. The van der Waals surface area contributed by atoms with Crippen LogP contribution in [-0.2, 0) is 10.8 Å². The molecule has 6 nitrogen and oxygen atoms in total. The van der Waals surface area contributed by atoms with E-state index in [9.17, 15) is 9.32 Å². The fourth-order valence-corrected chi connectivity index (χ4v) is 7.63. The zero-order valence-corrected chi connectivity index (χ0v) is 20.3. The number of halogens is 1. The highest BCUT2D eigenvalue weighted by Gasteiger charge is 2.43. The van der Waals surface area contributed by atoms with Crippen molar-refractivity contribution in [2.24, 2.45) is 0 Å². The molecule has 33 heavy (non-hydrogen) atoms. The van der Waals surface area contributed by atoms with Gasteiger partial charge in [-0.1, -0.05) is 23.7 Å². The van der Waals surface area contributed by atoms with E-state index >= 15 is 0 Å². The summed E-state index contributed by atoms with van der Waals surface area (Å²) in [6.07, 6.45) is 5.90. The molecule has 1 aliphatic carbocycles. The van der Waals surface area contributed by atoms with E-state index in [0.717, 1.165) is 78.7 Å². The summed E-state index contributed by atoms with van der Waals surface area (Å²) in [7, 11) is -1.09. The standard InChI is InChI=1S/C25H30ClN3O3S/c26-19-4-2-16(3-5-19)17-6-11-29(12-7-17)24-21-20-18(8-13-32-21)14-33(31)22(20)23(27-24)28-25(15-30)9-1-10-25/h2-5,17-18,30H,1,6-15H2,(H,27,28)/t18?,33-/m0/s1. The highest BCUT2D eigenvalue weighted by molar-refractivity contribution is 7.85. The van der Waals surface area contributed by atoms with Crippen LogP contribution in [0.4, 0.5) is 11.6 Å². The first kappa shape index (κ1) is 21.7. The quantitative estimate of drug-likeness (QED) is 0.649. The minimum absolute atomic E-state index is 0.0690. The summed E-state index contributed by atoms with van der Waals surface area (Å²) in [5.74, 6) is 3.84. The second-order valence-electron chi connectivity index (χ2n) is 9.93. The molecule has 2 fully saturated rings. The molecule has 2 atom stereocenters. The van der Waals surface area contributed by atoms with E-state index in [4.69, 9.17) is 21.3 Å². The number of hydrogen-bond donors (Lipinski definition) is 2. The van der Waals surface area contributed by atoms with Gasteiger partial charge in [-0.15, -0.1) is 0 Å². The smallest absolute Gasteiger partial charge is 0.173 e. The van der Waals surface area contributed by atoms with Crippen molar-refractivity contribution in [2.75, 3.05) is 42.3 Å². The highest BCUT2D eigenvalue weighted by atomic mass is 35.5. The second kappa shape index (κ2) is 8.43. The Balaban J connectivity index is 1.33. The third-order valence-corrected chi connectivity index (χ3v) is 9.78. The zero-order chi connectivity index (χ0) is 22.6. The lowest BCUT2D eigenvalue weighted by atomic mass is 9.77. The molecule has 1 saturated carbocycles. The first-order valence-corrected chi connectivity index (χ1v) is 13.8. The number of anilines is 2. The number of aliphatic hydroxyl groups excluding tert-OH is 1. The largest absolute Gasteiger partial charge is 0.489 e. The van der Waals surface area contributed by atoms with E-state index in [0.29, 0.717) is 24.1 Å². The number of rotatable bonds is 5. The van der Waals surface area contributed by atoms with Crippen LogP contribution in [0.3, 0.4) is 0 Å². The molecule has 1 aromatic heterocycles. The van der Waals surface area contributed by atoms with Gasteiger partial charge in [-0.2, -0.15) is 0 Å². The molecule has 1 aromatic carbocycles. The van der Waals surface area contributed by atoms with E-state index < -0.39 is 10.8 Å². The Bertz CT molecular complexity index is 1080. The lowest BCUT2D eigenvalue weighted by Crippen LogP contribution is -2.48. The van der Waals surface area contributed by atoms with Crippen molar-refractivity contribution >= 4 is 34.0 Å². The topological polar surface area (TPSA) is 74.7 Å². The molecule has 0 bridgehead atoms. The van der Waals surface area contributed by atoms with Gasteiger partial charge in [0.05, 0.1) is 34.4 Å². The molecule has 1 saturated heterocycles. The van der Waals surface area contributed by atoms with Gasteiger partial charge in [-0.3, -0.25) is 4.21 Å². The minimum Gasteiger partial charge on any atom is -0.489 e. The molecule has 6 rings (SSSR count). The predicted molar refractivity (Wildman–Crippen MR) is 131 cm³/mol. The van der Waals surface area contributed by atoms with Crippen LogP contribution in [0.2, 0.25) is 5.02 Å². The molecule has 4 heterocycles. The first-order valence-electron chi connectivity index (χ1n) is 12.1. The Labute approximate surface area is 202 Å². The number of nitrogens with one attached hydrogen (secondary N) is 1. The molecule has 4 aliphatic rings. The molecule has 8 heteroatoms. The number of benzene rings is 1. The maximum Gasteiger partial charge on any atom is 0.173 e. The van der Waals surface area contributed by atoms with Crippen molar-refractivity contribution in [3.63, 3.8) is 0 Å². The van der Waals surface area contributed by atoms with Crippen molar-refractivity contribution in [1.29, 1.82) is 0 Å². The Morgan fingerprint density at radius 2 is 1.94 bits per heavy atom. The van der Waals surface area contributed by atoms with Gasteiger partial charge in [0.2, 0.25) is 0 Å². The summed E-state index contributed by atoms with van der Waals surface area (Å²) < 4.78 is 19.3. The van der Waals surface area contributed by atoms with Crippen molar-refractivity contribution in [3.05, 3.63) is 40.4 Å². The third-order valence-electron chi connectivity index (χ3n) is 7.96. The van der Waals surface area contributed by atoms with Crippen LogP contribution < -0.4 is 15.0 Å². The molecule has 1 unspecified atom stereocenters. The molecule has 2 N–H and O–H groups in total. The van der Waals surface area contributed by atoms with E-state index in [-0.39, 0.29) is 18.1 Å². The van der Waals surface area contributed by atoms with Gasteiger partial charge in [0.25, 0.3) is 0 Å². The van der Waals surface area contributed by atoms with E-state index in [2.05, 4.69) is 22.3 Å². The minimum atomic E-state index is -1.09. The number of aromatic nitrogens is 1. The molecule has 0 radical (unpaired) electrons. The van der Waals surface area contributed by atoms with Crippen LogP contribution in [0.15, 0.2) is 29.2 Å². The predicted octanol–water partition coefficient (Wildman–Crippen LogP) is 4.43. The molecular formula is C25H30ClN3O3S. The van der Waals surface area contributed by atoms with Crippen LogP contribution in [0.1, 0.15) is 61.5 Å². The fraction of sp³-hybridized carbons (Fsp3) is 0.560. The lowest BCUT2D eigenvalue weighted by molar-refractivity contribution is 0.143. The Kier molecular flexibility index (Phi) is 5.54. The van der Waals surface area contributed by atoms with Gasteiger partial charge < -0.3 is 20.1 Å². The maximum absolute atomic E-state index is 13.1. The summed E-state index contributed by atoms with van der Waals surface area (Å²) in [6.45, 7) is 2.51. The summed E-state index contributed by atoms with van der Waals surface area (Å²) in [5, 5.41) is 14.4. The number of hydrogen-bond acceptors (Lipinski definition) is 6. The number of nitrogens with zero attached hydrogens (tertiary/aromatic N) is 2. The van der Waals surface area contributed by atoms with Crippen molar-refractivity contribution < 1.29 is 14.1 Å². The fourth-order valence-electron chi connectivity index (χ4n) is 5.82. The van der Waals surface area contributed by atoms with Crippen LogP contribution in [0.5, 0.6) is 5.75 Å². The van der Waals surface area contributed by atoms with Crippen LogP contribution in [0.25, 0.3) is 0 Å². The SMILES string of the molecule is O=[S@]1CC2CCOc3c(N4CCC(c5ccc(Cl)cc5)CC4)nc(NC4(CO)CCC4)c1c32. The molecule has 176 valence electrons. The van der Waals surface area contributed by atoms with Gasteiger partial charge in [0.1, 0.15) is 5.82 Å². The average Bonchev–Trinajstić information content (AvgIpc) is 3.16. The van der Waals surface area contributed by atoms with Gasteiger partial charge in [-0.05, 0) is 62.1 Å². The summed E-state index contributed by atoms with van der Waals surface area (Å²) in [6, 6.07) is 8.22. The monoisotopic (exact) mass is 487 g/mol. The zero-order valence-electron chi connectivity index (χ0n) is 18.7. The number of pyridine rings is 1. The van der Waals surface area contributed by atoms with E-state index in [1.54, 1.807) is 0 Å². The van der Waals surface area contributed by atoms with Crippen molar-refractivity contribution in [1.82, 2.24) is 4.98 Å². The summed E-state index contributed by atoms with van der Waals surface area (Å²) >= 11 is 6.07. The van der Waals surface area contributed by atoms with Gasteiger partial charge in [0.15, 0.2) is 11.6 Å². The Hall–Kier alpha value is -1.83. The van der Waals surface area contributed by atoms with E-state index in [1.807, 2.05) is 12.1 Å². The molecule has 0 amide bonds. The van der Waals surface area contributed by atoms with Gasteiger partial charge >= 0.3 is 0 Å². The average molecular weight is 488 g/mol. The van der Waals surface area contributed by atoms with Gasteiger partial charge in [0, 0.05) is 35.3 Å². The van der Waals surface area contributed by atoms with Crippen LogP contribution >= 0.6 is 11.6 Å². The highest BCUT2D eigenvalue weighted by Crippen LogP contribution is 2.51. The van der Waals surface area contributed by atoms with Crippen molar-refractivity contribution in [2.45, 2.75) is 60.8 Å².